The van der Waals surface area contributed by atoms with E-state index in [-0.39, 0.29) is 45.5 Å². The van der Waals surface area contributed by atoms with Crippen LogP contribution < -0.4 is 10.6 Å². The zero-order valence-corrected chi connectivity index (χ0v) is 33.0. The van der Waals surface area contributed by atoms with Crippen molar-refractivity contribution in [3.8, 4) is 0 Å². The van der Waals surface area contributed by atoms with Gasteiger partial charge in [0.25, 0.3) is 0 Å². The average molecular weight is 783 g/mol. The third-order valence-corrected chi connectivity index (χ3v) is 9.70. The maximum atomic E-state index is 13.3. The molecule has 0 aromatic heterocycles. The number of nitrogens with one attached hydrogen (secondary N) is 2. The number of benzene rings is 4. The maximum Gasteiger partial charge on any atom is 0.407 e. The Balaban J connectivity index is 1.29. The molecule has 0 spiro atoms. The highest BCUT2D eigenvalue weighted by molar-refractivity contribution is 5.72. The first kappa shape index (κ1) is 42.0. The molecule has 0 bridgehead atoms. The van der Waals surface area contributed by atoms with E-state index in [9.17, 15) is 9.59 Å². The summed E-state index contributed by atoms with van der Waals surface area (Å²) in [6.07, 6.45) is -5.66. The van der Waals surface area contributed by atoms with Gasteiger partial charge in [-0.15, -0.1) is 0 Å². The predicted molar refractivity (Wildman–Crippen MR) is 211 cm³/mol. The molecule has 2 fully saturated rings. The summed E-state index contributed by atoms with van der Waals surface area (Å²) in [5, 5.41) is 5.87. The van der Waals surface area contributed by atoms with Gasteiger partial charge in [-0.05, 0) is 43.0 Å². The van der Waals surface area contributed by atoms with Gasteiger partial charge in [-0.3, -0.25) is 4.79 Å². The van der Waals surface area contributed by atoms with E-state index >= 15 is 0 Å². The van der Waals surface area contributed by atoms with Crippen LogP contribution in [0.1, 0.15) is 49.9 Å². The lowest BCUT2D eigenvalue weighted by Gasteiger charge is -2.46. The molecule has 57 heavy (non-hydrogen) atoms. The minimum atomic E-state index is -1.04. The molecular weight excluding hydrogens is 728 g/mol. The van der Waals surface area contributed by atoms with E-state index in [1.54, 1.807) is 0 Å². The topological polar surface area (TPSA) is 132 Å². The number of ether oxygens (including phenoxy) is 8. The van der Waals surface area contributed by atoms with Crippen molar-refractivity contribution in [2.45, 2.75) is 109 Å². The van der Waals surface area contributed by atoms with E-state index in [4.69, 9.17) is 37.9 Å². The van der Waals surface area contributed by atoms with E-state index in [1.807, 2.05) is 142 Å². The quantitative estimate of drug-likeness (QED) is 0.116. The Bertz CT molecular complexity index is 1800. The molecule has 4 aromatic rings. The molecule has 304 valence electrons. The summed E-state index contributed by atoms with van der Waals surface area (Å²) in [6.45, 7) is 7.84. The van der Waals surface area contributed by atoms with Gasteiger partial charge < -0.3 is 48.5 Å². The second kappa shape index (κ2) is 20.7. The summed E-state index contributed by atoms with van der Waals surface area (Å²) in [5.41, 5.74) is 3.70. The van der Waals surface area contributed by atoms with Crippen LogP contribution in [0, 0.1) is 0 Å². The molecule has 2 aliphatic rings. The normalized spacial score (nSPS) is 24.7. The second-order valence-corrected chi connectivity index (χ2v) is 14.7. The number of rotatable bonds is 18. The van der Waals surface area contributed by atoms with Crippen molar-refractivity contribution in [2.24, 2.45) is 0 Å². The van der Waals surface area contributed by atoms with Crippen molar-refractivity contribution in [3.05, 3.63) is 144 Å². The summed E-state index contributed by atoms with van der Waals surface area (Å²) in [5.74, 6) is -1.13. The monoisotopic (exact) mass is 782 g/mol. The number of alkyl carbamates (subject to hydrolysis) is 1. The van der Waals surface area contributed by atoms with Crippen molar-refractivity contribution in [1.29, 1.82) is 0 Å². The molecular formula is C45H54N2O10. The minimum absolute atomic E-state index is 0.0709. The van der Waals surface area contributed by atoms with Crippen molar-refractivity contribution >= 4 is 12.0 Å². The van der Waals surface area contributed by atoms with Crippen LogP contribution in [0.25, 0.3) is 0 Å². The third-order valence-electron chi connectivity index (χ3n) is 9.70. The van der Waals surface area contributed by atoms with Crippen LogP contribution in [0.2, 0.25) is 0 Å². The number of amides is 2. The lowest BCUT2D eigenvalue weighted by atomic mass is 9.97. The van der Waals surface area contributed by atoms with E-state index in [1.165, 1.54) is 6.92 Å². The number of carbonyl (C=O) groups is 2. The standard InChI is InChI=1S/C45H54N2O10/c1-31-39(57-45(3,4)56-31)37(47-44(49)54-29-36-23-15-8-16-24-36)30-53-43-42(52-28-35-21-13-7-14-22-35)41(51-27-34-19-11-6-12-20-34)40(38(55-43)25-46-32(2)48)50-26-33-17-9-5-10-18-33/h5-24,31,37-43H,25-30H2,1-4H3,(H,46,48)(H,47,49)/t31-,37+,38?,39-,40?,41?,42?,43?/m1/s1. The maximum absolute atomic E-state index is 13.3. The molecule has 12 nitrogen and oxygen atoms in total. The zero-order chi connectivity index (χ0) is 40.0. The molecule has 2 aliphatic heterocycles. The van der Waals surface area contributed by atoms with Gasteiger partial charge >= 0.3 is 6.09 Å². The smallest absolute Gasteiger partial charge is 0.407 e. The van der Waals surface area contributed by atoms with E-state index in [2.05, 4.69) is 10.6 Å². The van der Waals surface area contributed by atoms with Gasteiger partial charge in [-0.2, -0.15) is 0 Å². The van der Waals surface area contributed by atoms with Crippen LogP contribution in [0.15, 0.2) is 121 Å². The van der Waals surface area contributed by atoms with Crippen LogP contribution in [-0.2, 0) is 69.1 Å². The molecule has 2 saturated heterocycles. The molecule has 2 heterocycles. The van der Waals surface area contributed by atoms with Crippen molar-refractivity contribution in [1.82, 2.24) is 10.6 Å². The average Bonchev–Trinajstić information content (AvgIpc) is 3.51. The highest BCUT2D eigenvalue weighted by atomic mass is 16.8. The van der Waals surface area contributed by atoms with Crippen LogP contribution >= 0.6 is 0 Å². The number of hydrogen-bond donors (Lipinski definition) is 2. The molecule has 0 aliphatic carbocycles. The Morgan fingerprint density at radius 1 is 0.649 bits per heavy atom. The Labute approximate surface area is 335 Å². The Morgan fingerprint density at radius 3 is 1.60 bits per heavy atom. The third kappa shape index (κ3) is 12.7. The summed E-state index contributed by atoms with van der Waals surface area (Å²) < 4.78 is 51.5. The van der Waals surface area contributed by atoms with E-state index in [0.717, 1.165) is 22.3 Å². The first-order valence-electron chi connectivity index (χ1n) is 19.4. The van der Waals surface area contributed by atoms with Gasteiger partial charge in [0.15, 0.2) is 12.1 Å². The molecule has 8 atom stereocenters. The van der Waals surface area contributed by atoms with Crippen LogP contribution in [0.4, 0.5) is 4.79 Å². The van der Waals surface area contributed by atoms with Gasteiger partial charge in [-0.1, -0.05) is 121 Å². The van der Waals surface area contributed by atoms with Crippen LogP contribution in [0.5, 0.6) is 0 Å². The summed E-state index contributed by atoms with van der Waals surface area (Å²) in [7, 11) is 0. The first-order valence-corrected chi connectivity index (χ1v) is 19.4. The van der Waals surface area contributed by atoms with Gasteiger partial charge in [0.1, 0.15) is 37.1 Å². The Hall–Kier alpha value is -4.66. The fourth-order valence-corrected chi connectivity index (χ4v) is 7.00. The summed E-state index contributed by atoms with van der Waals surface area (Å²) in [6, 6.07) is 38.1. The SMILES string of the molecule is CC(=O)NCC1OC(OC[C@H](NC(=O)OCc2ccccc2)[C@@H]2OC(C)(C)O[C@@H]2C)C(OCc2ccccc2)C(OCc2ccccc2)C1OCc1ccccc1. The molecule has 5 unspecified atom stereocenters. The fraction of sp³-hybridized carbons (Fsp3) is 0.422. The minimum Gasteiger partial charge on any atom is -0.445 e. The van der Waals surface area contributed by atoms with E-state index in [0.29, 0.717) is 0 Å². The molecule has 0 radical (unpaired) electrons. The van der Waals surface area contributed by atoms with Gasteiger partial charge in [0.2, 0.25) is 5.91 Å². The lowest BCUT2D eigenvalue weighted by molar-refractivity contribution is -0.323. The second-order valence-electron chi connectivity index (χ2n) is 14.7. The molecule has 6 rings (SSSR count). The van der Waals surface area contributed by atoms with Crippen molar-refractivity contribution in [3.63, 3.8) is 0 Å². The number of carbonyl (C=O) groups excluding carboxylic acids is 2. The van der Waals surface area contributed by atoms with Crippen molar-refractivity contribution in [2.75, 3.05) is 13.2 Å². The van der Waals surface area contributed by atoms with Gasteiger partial charge in [-0.25, -0.2) is 4.79 Å². The van der Waals surface area contributed by atoms with Gasteiger partial charge in [0, 0.05) is 13.5 Å². The molecule has 4 aromatic carbocycles. The first-order chi connectivity index (χ1) is 27.6. The van der Waals surface area contributed by atoms with Gasteiger partial charge in [0.05, 0.1) is 38.6 Å². The van der Waals surface area contributed by atoms with Crippen molar-refractivity contribution < 1.29 is 47.5 Å². The fourth-order valence-electron chi connectivity index (χ4n) is 7.00. The van der Waals surface area contributed by atoms with Crippen LogP contribution in [-0.4, -0.2) is 79.9 Å². The summed E-state index contributed by atoms with van der Waals surface area (Å²) in [4.78, 5) is 25.6. The predicted octanol–water partition coefficient (Wildman–Crippen LogP) is 6.46. The zero-order valence-electron chi connectivity index (χ0n) is 33.0. The number of hydrogen-bond acceptors (Lipinski definition) is 10. The van der Waals surface area contributed by atoms with E-state index < -0.39 is 60.8 Å². The molecule has 2 N–H and O–H groups in total. The highest BCUT2D eigenvalue weighted by Gasteiger charge is 2.50. The molecule has 0 saturated carbocycles. The lowest BCUT2D eigenvalue weighted by Crippen LogP contribution is -2.63. The summed E-state index contributed by atoms with van der Waals surface area (Å²) >= 11 is 0. The molecule has 12 heteroatoms. The molecule has 2 amide bonds. The largest absolute Gasteiger partial charge is 0.445 e. The van der Waals surface area contributed by atoms with Crippen LogP contribution in [0.3, 0.4) is 0 Å². The Kier molecular flexibility index (Phi) is 15.2. The Morgan fingerprint density at radius 2 is 1.12 bits per heavy atom. The highest BCUT2D eigenvalue weighted by Crippen LogP contribution is 2.33.